The first-order valence-electron chi connectivity index (χ1n) is 12.3. The van der Waals surface area contributed by atoms with Crippen LogP contribution in [0.3, 0.4) is 0 Å². The molecular weight excluding hydrogens is 447 g/mol. The normalized spacial score (nSPS) is 20.6. The molecule has 0 unspecified atom stereocenters. The molecular formula is C28H31F5O. The Kier molecular flexibility index (Phi) is 7.63. The summed E-state index contributed by atoms with van der Waals surface area (Å²) in [5.41, 5.74) is 2.85. The zero-order chi connectivity index (χ0) is 24.3. The highest BCUT2D eigenvalue weighted by molar-refractivity contribution is 5.85. The average molecular weight is 479 g/mol. The molecule has 0 aliphatic heterocycles. The van der Waals surface area contributed by atoms with E-state index < -0.39 is 17.9 Å². The van der Waals surface area contributed by atoms with Gasteiger partial charge in [0.25, 0.3) is 0 Å². The van der Waals surface area contributed by atoms with Gasteiger partial charge in [-0.15, -0.1) is 13.2 Å². The van der Waals surface area contributed by atoms with Gasteiger partial charge in [0.1, 0.15) is 5.82 Å². The van der Waals surface area contributed by atoms with E-state index in [-0.39, 0.29) is 17.8 Å². The Morgan fingerprint density at radius 2 is 1.71 bits per heavy atom. The third kappa shape index (κ3) is 5.81. The molecule has 0 N–H and O–H groups in total. The lowest BCUT2D eigenvalue weighted by atomic mass is 9.76. The van der Waals surface area contributed by atoms with E-state index in [0.29, 0.717) is 23.5 Å². The number of allylic oxidation sites excluding steroid dienone is 1. The van der Waals surface area contributed by atoms with Crippen LogP contribution < -0.4 is 4.74 Å². The maximum atomic E-state index is 15.1. The highest BCUT2D eigenvalue weighted by Gasteiger charge is 2.33. The Bertz CT molecular complexity index is 1030. The van der Waals surface area contributed by atoms with Crippen LogP contribution in [0.2, 0.25) is 0 Å². The minimum absolute atomic E-state index is 0.165. The molecule has 0 heterocycles. The van der Waals surface area contributed by atoms with Crippen molar-refractivity contribution in [3.63, 3.8) is 0 Å². The first-order valence-corrected chi connectivity index (χ1v) is 12.3. The highest BCUT2D eigenvalue weighted by Crippen LogP contribution is 2.40. The van der Waals surface area contributed by atoms with Gasteiger partial charge >= 0.3 is 6.36 Å². The Hall–Kier alpha value is -2.37. The SMILES string of the molecule is CCCCCC1CCC(c2ccc(C3=Cc4ccc(OC(F)(F)F)c(F)c4CC3)c(F)c2)CC1. The smallest absolute Gasteiger partial charge is 0.403 e. The van der Waals surface area contributed by atoms with Crippen molar-refractivity contribution in [2.24, 2.45) is 5.92 Å². The van der Waals surface area contributed by atoms with Crippen molar-refractivity contribution < 1.29 is 26.7 Å². The number of fused-ring (bicyclic) bond motifs is 1. The van der Waals surface area contributed by atoms with Gasteiger partial charge in [0.2, 0.25) is 0 Å². The van der Waals surface area contributed by atoms with Crippen LogP contribution in [0.25, 0.3) is 11.6 Å². The van der Waals surface area contributed by atoms with Gasteiger partial charge in [0, 0.05) is 5.56 Å². The Labute approximate surface area is 198 Å². The lowest BCUT2D eigenvalue weighted by Crippen LogP contribution is -2.18. The molecule has 2 aliphatic carbocycles. The third-order valence-corrected chi connectivity index (χ3v) is 7.32. The predicted molar refractivity (Wildman–Crippen MR) is 125 cm³/mol. The van der Waals surface area contributed by atoms with Crippen LogP contribution in [0.5, 0.6) is 5.75 Å². The molecule has 4 rings (SSSR count). The summed E-state index contributed by atoms with van der Waals surface area (Å²) in [5.74, 6) is -0.963. The van der Waals surface area contributed by atoms with Crippen LogP contribution in [0.1, 0.15) is 92.9 Å². The van der Waals surface area contributed by atoms with E-state index in [1.807, 2.05) is 6.07 Å². The zero-order valence-electron chi connectivity index (χ0n) is 19.5. The molecule has 0 radical (unpaired) electrons. The van der Waals surface area contributed by atoms with Gasteiger partial charge in [-0.2, -0.15) is 0 Å². The molecule has 2 aromatic rings. The van der Waals surface area contributed by atoms with Gasteiger partial charge < -0.3 is 4.74 Å². The summed E-state index contributed by atoms with van der Waals surface area (Å²) in [6, 6.07) is 7.79. The topological polar surface area (TPSA) is 9.23 Å². The number of ether oxygens (including phenoxy) is 1. The number of alkyl halides is 3. The fraction of sp³-hybridized carbons (Fsp3) is 0.500. The van der Waals surface area contributed by atoms with Gasteiger partial charge in [-0.05, 0) is 84.8 Å². The van der Waals surface area contributed by atoms with E-state index in [1.165, 1.54) is 44.6 Å². The molecule has 0 spiro atoms. The number of hydrogen-bond donors (Lipinski definition) is 0. The van der Waals surface area contributed by atoms with Gasteiger partial charge in [-0.25, -0.2) is 8.78 Å². The van der Waals surface area contributed by atoms with E-state index in [4.69, 9.17) is 0 Å². The van der Waals surface area contributed by atoms with Gasteiger partial charge in [-0.3, -0.25) is 0 Å². The maximum Gasteiger partial charge on any atom is 0.573 e. The molecule has 1 saturated carbocycles. The molecule has 1 nitrogen and oxygen atoms in total. The molecule has 0 amide bonds. The average Bonchev–Trinajstić information content (AvgIpc) is 2.80. The zero-order valence-corrected chi connectivity index (χ0v) is 19.5. The fourth-order valence-electron chi connectivity index (χ4n) is 5.45. The lowest BCUT2D eigenvalue weighted by molar-refractivity contribution is -0.275. The second-order valence-corrected chi connectivity index (χ2v) is 9.62. The molecule has 0 atom stereocenters. The van der Waals surface area contributed by atoms with Crippen molar-refractivity contribution in [1.29, 1.82) is 0 Å². The summed E-state index contributed by atoms with van der Waals surface area (Å²) >= 11 is 0. The maximum absolute atomic E-state index is 15.1. The Balaban J connectivity index is 1.46. The second-order valence-electron chi connectivity index (χ2n) is 9.62. The third-order valence-electron chi connectivity index (χ3n) is 7.32. The molecule has 184 valence electrons. The summed E-state index contributed by atoms with van der Waals surface area (Å²) in [4.78, 5) is 0. The lowest BCUT2D eigenvalue weighted by Gasteiger charge is -2.29. The molecule has 34 heavy (non-hydrogen) atoms. The van der Waals surface area contributed by atoms with Crippen LogP contribution >= 0.6 is 0 Å². The van der Waals surface area contributed by atoms with Crippen molar-refractivity contribution in [3.05, 3.63) is 64.2 Å². The van der Waals surface area contributed by atoms with E-state index >= 15 is 4.39 Å². The number of unbranched alkanes of at least 4 members (excludes halogenated alkanes) is 2. The van der Waals surface area contributed by atoms with E-state index in [1.54, 1.807) is 18.2 Å². The van der Waals surface area contributed by atoms with Crippen molar-refractivity contribution in [1.82, 2.24) is 0 Å². The summed E-state index contributed by atoms with van der Waals surface area (Å²) in [5, 5.41) is 0. The molecule has 0 saturated heterocycles. The van der Waals surface area contributed by atoms with E-state index in [9.17, 15) is 17.6 Å². The minimum Gasteiger partial charge on any atom is -0.403 e. The Morgan fingerprint density at radius 3 is 2.38 bits per heavy atom. The summed E-state index contributed by atoms with van der Waals surface area (Å²) in [6.07, 6.45) is 6.96. The first-order chi connectivity index (χ1) is 16.2. The molecule has 2 aromatic carbocycles. The van der Waals surface area contributed by atoms with Crippen molar-refractivity contribution in [2.75, 3.05) is 0 Å². The van der Waals surface area contributed by atoms with Crippen molar-refractivity contribution in [2.45, 2.75) is 83.4 Å². The van der Waals surface area contributed by atoms with Crippen molar-refractivity contribution >= 4 is 11.6 Å². The predicted octanol–water partition coefficient (Wildman–Crippen LogP) is 9.20. The Morgan fingerprint density at radius 1 is 0.941 bits per heavy atom. The number of rotatable bonds is 7. The monoisotopic (exact) mass is 478 g/mol. The molecule has 6 heteroatoms. The highest BCUT2D eigenvalue weighted by atomic mass is 19.4. The van der Waals surface area contributed by atoms with Crippen LogP contribution in [0.4, 0.5) is 22.0 Å². The molecule has 0 bridgehead atoms. The van der Waals surface area contributed by atoms with Crippen molar-refractivity contribution in [3.8, 4) is 5.75 Å². The van der Waals surface area contributed by atoms with Crippen LogP contribution in [-0.4, -0.2) is 6.36 Å². The fourth-order valence-corrected chi connectivity index (χ4v) is 5.45. The van der Waals surface area contributed by atoms with Crippen LogP contribution in [-0.2, 0) is 6.42 Å². The minimum atomic E-state index is -4.95. The number of halogens is 5. The quantitative estimate of drug-likeness (QED) is 0.285. The second kappa shape index (κ2) is 10.5. The number of hydrogen-bond acceptors (Lipinski definition) is 1. The first kappa shape index (κ1) is 24.7. The van der Waals surface area contributed by atoms with E-state index in [0.717, 1.165) is 36.0 Å². The molecule has 0 aromatic heterocycles. The van der Waals surface area contributed by atoms with Gasteiger partial charge in [0.15, 0.2) is 11.6 Å². The number of benzene rings is 2. The van der Waals surface area contributed by atoms with E-state index in [2.05, 4.69) is 11.7 Å². The molecule has 2 aliphatic rings. The summed E-state index contributed by atoms with van der Waals surface area (Å²) in [7, 11) is 0. The molecule has 1 fully saturated rings. The van der Waals surface area contributed by atoms with Crippen LogP contribution in [0.15, 0.2) is 30.3 Å². The van der Waals surface area contributed by atoms with Gasteiger partial charge in [-0.1, -0.05) is 56.9 Å². The van der Waals surface area contributed by atoms with Crippen LogP contribution in [0, 0.1) is 17.6 Å². The van der Waals surface area contributed by atoms with Gasteiger partial charge in [0.05, 0.1) is 0 Å². The largest absolute Gasteiger partial charge is 0.573 e. The summed E-state index contributed by atoms with van der Waals surface area (Å²) in [6.45, 7) is 2.22. The summed E-state index contributed by atoms with van der Waals surface area (Å²) < 4.78 is 70.9. The standard InChI is InChI=1S/C28H31F5O/c1-2-3-4-5-18-6-8-19(9-7-18)20-10-13-23(25(29)17-20)21-11-14-24-22(16-21)12-15-26(27(24)30)34-28(31,32)33/h10,12-13,15-19H,2-9,11,14H2,1H3.